The number of aromatic amines is 1. The Kier molecular flexibility index (Phi) is 6.61. The van der Waals surface area contributed by atoms with Gasteiger partial charge < -0.3 is 46.3 Å². The van der Waals surface area contributed by atoms with Crippen molar-refractivity contribution in [1.29, 1.82) is 0 Å². The fourth-order valence-electron chi connectivity index (χ4n) is 1.54. The Morgan fingerprint density at radius 2 is 2.00 bits per heavy atom. The highest BCUT2D eigenvalue weighted by Crippen LogP contribution is 2.36. The van der Waals surface area contributed by atoms with Crippen LogP contribution in [0.4, 0.5) is 5.82 Å². The number of nitrogens with zero attached hydrogens (tertiary/aromatic N) is 1. The highest BCUT2D eigenvalue weighted by molar-refractivity contribution is 7.46. The van der Waals surface area contributed by atoms with Crippen molar-refractivity contribution in [3.05, 3.63) is 12.0 Å². The molecule has 1 fully saturated rings. The lowest BCUT2D eigenvalue weighted by molar-refractivity contribution is -0.132. The van der Waals surface area contributed by atoms with Crippen LogP contribution >= 0.6 is 7.82 Å². The topological polar surface area (TPSA) is 234 Å². The third-order valence-electron chi connectivity index (χ3n) is 2.65. The third-order valence-corrected chi connectivity index (χ3v) is 3.13. The smallest absolute Gasteiger partial charge is 0.387 e. The van der Waals surface area contributed by atoms with Gasteiger partial charge in [0.05, 0.1) is 12.9 Å². The van der Waals surface area contributed by atoms with Crippen LogP contribution in [0.5, 0.6) is 0 Å². The molecule has 23 heavy (non-hydrogen) atoms. The minimum atomic E-state index is -4.64. The maximum Gasteiger partial charge on any atom is 0.469 e. The van der Waals surface area contributed by atoms with E-state index in [0.717, 1.165) is 0 Å². The second kappa shape index (κ2) is 7.81. The highest BCUT2D eigenvalue weighted by Gasteiger charge is 2.42. The number of phosphoric ester groups is 1. The first-order chi connectivity index (χ1) is 10.5. The van der Waals surface area contributed by atoms with E-state index in [9.17, 15) is 9.36 Å². The van der Waals surface area contributed by atoms with Crippen molar-refractivity contribution in [2.75, 3.05) is 12.3 Å². The molecule has 1 aromatic rings. The molecule has 132 valence electrons. The van der Waals surface area contributed by atoms with Crippen LogP contribution in [0.25, 0.3) is 0 Å². The quantitative estimate of drug-likeness (QED) is 0.248. The fraction of sp³-hybridized carbons (Fsp3) is 0.556. The number of phosphoric acid groups is 1. The lowest BCUT2D eigenvalue weighted by Crippen LogP contribution is -2.34. The maximum atomic E-state index is 10.3. The van der Waals surface area contributed by atoms with E-state index >= 15 is 0 Å². The van der Waals surface area contributed by atoms with E-state index in [1.54, 1.807) is 0 Å². The SMILES string of the molecule is NC(=O)c1nc[nH]c1N.O=P(O)(O)OC[C@H]1O[C@@H](O)[C@H](O)[C@@H]1O. The monoisotopic (exact) mass is 356 g/mol. The summed E-state index contributed by atoms with van der Waals surface area (Å²) in [6, 6.07) is 0. The predicted molar refractivity (Wildman–Crippen MR) is 72.4 cm³/mol. The number of hydrogen-bond donors (Lipinski definition) is 8. The molecule has 14 heteroatoms. The molecular formula is C9H17N4O9P. The lowest BCUT2D eigenvalue weighted by Gasteiger charge is -2.14. The predicted octanol–water partition coefficient (Wildman–Crippen LogP) is -3.37. The molecule has 0 bridgehead atoms. The van der Waals surface area contributed by atoms with Gasteiger partial charge in [0.25, 0.3) is 5.91 Å². The number of carbonyl (C=O) groups is 1. The van der Waals surface area contributed by atoms with Gasteiger partial charge in [-0.25, -0.2) is 9.55 Å². The molecule has 1 aliphatic rings. The summed E-state index contributed by atoms with van der Waals surface area (Å²) >= 11 is 0. The zero-order valence-corrected chi connectivity index (χ0v) is 12.4. The molecule has 1 amide bonds. The number of nitrogen functional groups attached to an aromatic ring is 1. The Balaban J connectivity index is 0.000000253. The standard InChI is InChI=1S/C5H11O8P.C4H6N4O/c6-3-2(1-12-14(9,10)11)13-5(8)4(3)7;5-3-2(4(6)9)7-1-8-3/h2-8H,1H2,(H2,9,10,11);1H,5H2,(H2,6,9)(H,7,8)/t2-,3-,4-,5-;/m1./s1. The minimum Gasteiger partial charge on any atom is -0.387 e. The van der Waals surface area contributed by atoms with Gasteiger partial charge in [0.15, 0.2) is 12.0 Å². The summed E-state index contributed by atoms with van der Waals surface area (Å²) in [7, 11) is -4.64. The number of aliphatic hydroxyl groups is 3. The largest absolute Gasteiger partial charge is 0.469 e. The van der Waals surface area contributed by atoms with Gasteiger partial charge in [-0.1, -0.05) is 0 Å². The number of rotatable bonds is 4. The number of imidazole rings is 1. The fourth-order valence-corrected chi connectivity index (χ4v) is 1.88. The van der Waals surface area contributed by atoms with E-state index < -0.39 is 44.9 Å². The van der Waals surface area contributed by atoms with Crippen LogP contribution < -0.4 is 11.5 Å². The highest BCUT2D eigenvalue weighted by atomic mass is 31.2. The van der Waals surface area contributed by atoms with Crippen LogP contribution in [0.2, 0.25) is 0 Å². The summed E-state index contributed by atoms with van der Waals surface area (Å²) in [5.41, 5.74) is 10.2. The second-order valence-electron chi connectivity index (χ2n) is 4.36. The number of carbonyl (C=O) groups excluding carboxylic acids is 1. The van der Waals surface area contributed by atoms with Crippen LogP contribution in [0.1, 0.15) is 10.5 Å². The molecule has 2 heterocycles. The summed E-state index contributed by atoms with van der Waals surface area (Å²) in [5, 5.41) is 27.0. The number of H-pyrrole nitrogens is 1. The van der Waals surface area contributed by atoms with Crippen LogP contribution in [-0.2, 0) is 13.8 Å². The molecule has 0 aromatic carbocycles. The van der Waals surface area contributed by atoms with Gasteiger partial charge in [0, 0.05) is 0 Å². The van der Waals surface area contributed by atoms with Gasteiger partial charge in [-0.15, -0.1) is 0 Å². The van der Waals surface area contributed by atoms with Crippen molar-refractivity contribution in [2.45, 2.75) is 24.6 Å². The molecule has 0 saturated carbocycles. The normalized spacial score (nSPS) is 27.3. The van der Waals surface area contributed by atoms with Crippen LogP contribution in [-0.4, -0.2) is 72.2 Å². The molecule has 10 N–H and O–H groups in total. The number of hydrogen-bond acceptors (Lipinski definition) is 9. The minimum absolute atomic E-state index is 0.0926. The first-order valence-corrected chi connectivity index (χ1v) is 7.54. The molecule has 0 unspecified atom stereocenters. The summed E-state index contributed by atoms with van der Waals surface area (Å²) in [4.78, 5) is 33.1. The van der Waals surface area contributed by atoms with E-state index in [-0.39, 0.29) is 11.5 Å². The first-order valence-electron chi connectivity index (χ1n) is 6.01. The Hall–Kier alpha value is -1.57. The van der Waals surface area contributed by atoms with Crippen molar-refractivity contribution in [1.82, 2.24) is 9.97 Å². The van der Waals surface area contributed by atoms with Gasteiger partial charge in [0.1, 0.15) is 24.1 Å². The van der Waals surface area contributed by atoms with E-state index in [1.165, 1.54) is 6.33 Å². The number of aliphatic hydroxyl groups excluding tert-OH is 3. The van der Waals surface area contributed by atoms with Crippen LogP contribution in [0.3, 0.4) is 0 Å². The molecule has 13 nitrogen and oxygen atoms in total. The maximum absolute atomic E-state index is 10.3. The molecule has 1 aliphatic heterocycles. The number of anilines is 1. The first kappa shape index (κ1) is 19.5. The second-order valence-corrected chi connectivity index (χ2v) is 5.60. The molecule has 0 radical (unpaired) electrons. The number of aromatic nitrogens is 2. The zero-order chi connectivity index (χ0) is 17.8. The molecule has 4 atom stereocenters. The molecular weight excluding hydrogens is 339 g/mol. The lowest BCUT2D eigenvalue weighted by atomic mass is 10.1. The number of primary amides is 1. The van der Waals surface area contributed by atoms with E-state index in [4.69, 9.17) is 36.6 Å². The average Bonchev–Trinajstić information content (AvgIpc) is 2.96. The van der Waals surface area contributed by atoms with E-state index in [1.807, 2.05) is 0 Å². The number of nitrogens with one attached hydrogen (secondary N) is 1. The number of amides is 1. The molecule has 1 saturated heterocycles. The summed E-state index contributed by atoms with van der Waals surface area (Å²) in [6.45, 7) is -0.612. The van der Waals surface area contributed by atoms with Crippen LogP contribution in [0.15, 0.2) is 6.33 Å². The summed E-state index contributed by atoms with van der Waals surface area (Å²) in [5.74, 6) is -0.406. The van der Waals surface area contributed by atoms with Crippen LogP contribution in [0, 0.1) is 0 Å². The van der Waals surface area contributed by atoms with Crippen molar-refractivity contribution in [3.63, 3.8) is 0 Å². The Labute approximate surface area is 129 Å². The van der Waals surface area contributed by atoms with Gasteiger partial charge in [-0.2, -0.15) is 0 Å². The van der Waals surface area contributed by atoms with Gasteiger partial charge in [0.2, 0.25) is 0 Å². The van der Waals surface area contributed by atoms with Crippen molar-refractivity contribution in [2.24, 2.45) is 5.73 Å². The number of nitrogens with two attached hydrogens (primary N) is 2. The van der Waals surface area contributed by atoms with Gasteiger partial charge in [-0.05, 0) is 0 Å². The summed E-state index contributed by atoms with van der Waals surface area (Å²) < 4.78 is 18.9. The third kappa shape index (κ3) is 5.85. The van der Waals surface area contributed by atoms with Crippen molar-refractivity contribution < 1.29 is 43.7 Å². The zero-order valence-electron chi connectivity index (χ0n) is 11.5. The Morgan fingerprint density at radius 1 is 1.39 bits per heavy atom. The Bertz CT molecular complexity index is 575. The van der Waals surface area contributed by atoms with Gasteiger partial charge >= 0.3 is 7.82 Å². The molecule has 1 aromatic heterocycles. The van der Waals surface area contributed by atoms with E-state index in [2.05, 4.69) is 19.2 Å². The average molecular weight is 356 g/mol. The van der Waals surface area contributed by atoms with E-state index in [0.29, 0.717) is 0 Å². The van der Waals surface area contributed by atoms with Crippen molar-refractivity contribution in [3.8, 4) is 0 Å². The van der Waals surface area contributed by atoms with Gasteiger partial charge in [-0.3, -0.25) is 9.32 Å². The molecule has 0 aliphatic carbocycles. The summed E-state index contributed by atoms with van der Waals surface area (Å²) in [6.07, 6.45) is -4.35. The Morgan fingerprint density at radius 3 is 2.30 bits per heavy atom. The molecule has 2 rings (SSSR count). The molecule has 0 spiro atoms. The number of ether oxygens (including phenoxy) is 1. The van der Waals surface area contributed by atoms with Crippen molar-refractivity contribution >= 4 is 19.5 Å².